The molecule has 3 fully saturated rings. The number of esters is 1. The zero-order valence-corrected chi connectivity index (χ0v) is 37.0. The molecule has 3 aliphatic heterocycles. The van der Waals surface area contributed by atoms with Crippen LogP contribution in [0.5, 0.6) is 0 Å². The molecule has 2 saturated heterocycles. The van der Waals surface area contributed by atoms with Crippen LogP contribution in [0.15, 0.2) is 29.6 Å². The molecule has 0 spiro atoms. The fraction of sp³-hybridized carbons (Fsp3) is 0.795. The van der Waals surface area contributed by atoms with Crippen molar-refractivity contribution in [1.82, 2.24) is 25.1 Å². The molecule has 2 N–H and O–H groups in total. The molecule has 336 valence electrons. The van der Waals surface area contributed by atoms with Gasteiger partial charge >= 0.3 is 5.97 Å². The van der Waals surface area contributed by atoms with E-state index in [1.54, 1.807) is 25.8 Å². The monoisotopic (exact) mass is 843 g/mol. The standard InChI is InChI=1S/C44H69N5O11/c1-10-31-18-25(2)17-26(3)19-37(57-8)40-38(58-9)21-28(5)44(55,60-40)41(52)42(53)48-16-12-11-13-33(48)43(54)59-39(29(6)34(50)23-35(31)51)27(4)20-30-14-15-32(36(22-30)56-7)49-46-24-45-47-49/h18,20,24-26,28-30,32-34,36-40,50,55H,10-17,19,21-23H2,1-9H3/t25?,26-,28+,29+,30-,32-,33-,34-,36+,37-,38-,39+,40+,44+/m0/s1. The lowest BCUT2D eigenvalue weighted by atomic mass is 9.81. The molecule has 1 aliphatic carbocycles. The van der Waals surface area contributed by atoms with Gasteiger partial charge in [-0.2, -0.15) is 4.80 Å². The number of aliphatic hydroxyl groups is 2. The van der Waals surface area contributed by atoms with E-state index in [0.717, 1.165) is 6.42 Å². The number of hydrogen-bond donors (Lipinski definition) is 2. The van der Waals surface area contributed by atoms with Crippen molar-refractivity contribution in [3.63, 3.8) is 0 Å². The number of tetrazole rings is 1. The maximum atomic E-state index is 14.4. The Kier molecular flexibility index (Phi) is 16.8. The Hall–Kier alpha value is -3.41. The lowest BCUT2D eigenvalue weighted by molar-refractivity contribution is -0.302. The van der Waals surface area contributed by atoms with Crippen LogP contribution < -0.4 is 0 Å². The van der Waals surface area contributed by atoms with Gasteiger partial charge in [-0.1, -0.05) is 46.8 Å². The predicted octanol–water partition coefficient (Wildman–Crippen LogP) is 4.34. The van der Waals surface area contributed by atoms with Crippen LogP contribution in [-0.4, -0.2) is 135 Å². The molecule has 14 atom stereocenters. The topological polar surface area (TPSA) is 202 Å². The highest BCUT2D eigenvalue weighted by Crippen LogP contribution is 2.40. The maximum absolute atomic E-state index is 14.4. The minimum atomic E-state index is -2.50. The summed E-state index contributed by atoms with van der Waals surface area (Å²) in [6.07, 6.45) is 6.19. The molecule has 1 amide bonds. The summed E-state index contributed by atoms with van der Waals surface area (Å²) in [5.41, 5.74) is 1.30. The first-order valence-corrected chi connectivity index (χ1v) is 21.9. The minimum Gasteiger partial charge on any atom is -0.456 e. The molecular weight excluding hydrogens is 775 g/mol. The third-order valence-corrected chi connectivity index (χ3v) is 13.5. The summed E-state index contributed by atoms with van der Waals surface area (Å²) in [5, 5.41) is 36.0. The Morgan fingerprint density at radius 1 is 0.950 bits per heavy atom. The number of amides is 1. The van der Waals surface area contributed by atoms with Crippen LogP contribution in [0.3, 0.4) is 0 Å². The Morgan fingerprint density at radius 2 is 1.65 bits per heavy atom. The van der Waals surface area contributed by atoms with Crippen molar-refractivity contribution in [3.05, 3.63) is 29.6 Å². The van der Waals surface area contributed by atoms with E-state index in [9.17, 15) is 29.4 Å². The van der Waals surface area contributed by atoms with Gasteiger partial charge in [-0.15, -0.1) is 10.2 Å². The number of ketones is 2. The summed E-state index contributed by atoms with van der Waals surface area (Å²) in [6.45, 7) is 11.4. The van der Waals surface area contributed by atoms with Crippen LogP contribution in [0.25, 0.3) is 0 Å². The van der Waals surface area contributed by atoms with Crippen molar-refractivity contribution in [2.75, 3.05) is 27.9 Å². The first-order valence-electron chi connectivity index (χ1n) is 21.9. The molecule has 2 bridgehead atoms. The first kappa shape index (κ1) is 47.6. The minimum absolute atomic E-state index is 0.00985. The molecule has 16 heteroatoms. The first-order chi connectivity index (χ1) is 28.6. The van der Waals surface area contributed by atoms with E-state index >= 15 is 0 Å². The van der Waals surface area contributed by atoms with Gasteiger partial charge in [-0.05, 0) is 105 Å². The molecule has 1 aromatic heterocycles. The number of allylic oxidation sites excluding steroid dienone is 3. The second-order valence-corrected chi connectivity index (χ2v) is 17.9. The smallest absolute Gasteiger partial charge is 0.329 e. The number of methoxy groups -OCH3 is 3. The lowest BCUT2D eigenvalue weighted by Gasteiger charge is -2.47. The van der Waals surface area contributed by atoms with E-state index in [1.807, 2.05) is 32.9 Å². The van der Waals surface area contributed by atoms with Gasteiger partial charge in [0.05, 0.1) is 30.5 Å². The van der Waals surface area contributed by atoms with E-state index in [-0.39, 0.29) is 61.5 Å². The number of cyclic esters (lactones) is 1. The summed E-state index contributed by atoms with van der Waals surface area (Å²) in [6, 6.07) is -1.23. The molecule has 4 heterocycles. The van der Waals surface area contributed by atoms with Crippen LogP contribution in [0, 0.1) is 29.6 Å². The predicted molar refractivity (Wildman–Crippen MR) is 219 cm³/mol. The largest absolute Gasteiger partial charge is 0.456 e. The van der Waals surface area contributed by atoms with Crippen LogP contribution in [0.1, 0.15) is 118 Å². The van der Waals surface area contributed by atoms with Gasteiger partial charge in [0.25, 0.3) is 11.7 Å². The van der Waals surface area contributed by atoms with E-state index in [0.29, 0.717) is 56.1 Å². The van der Waals surface area contributed by atoms with Crippen LogP contribution in [0.4, 0.5) is 0 Å². The zero-order valence-electron chi connectivity index (χ0n) is 37.0. The Bertz CT molecular complexity index is 1690. The summed E-state index contributed by atoms with van der Waals surface area (Å²) in [7, 11) is 4.72. The highest BCUT2D eigenvalue weighted by molar-refractivity contribution is 6.39. The summed E-state index contributed by atoms with van der Waals surface area (Å²) >= 11 is 0. The van der Waals surface area contributed by atoms with E-state index in [2.05, 4.69) is 22.3 Å². The number of hydrogen-bond acceptors (Lipinski definition) is 14. The van der Waals surface area contributed by atoms with Crippen LogP contribution in [-0.2, 0) is 42.9 Å². The SMILES string of the molecule is CCC1=CC(C)C[C@H](C)C[C@H](OC)[C@H]2O[C@@](O)(C(=O)C(=O)N3CCCC[C@H]3C(=O)O[C@H](C(C)=C[C@@H]3CC[C@H](n4ncnn4)[C@H](OC)C3)[C@H](C)[C@@H](O)CC1=O)[C@H](C)C[C@@H]2OC. The highest BCUT2D eigenvalue weighted by atomic mass is 16.7. The molecule has 1 saturated carbocycles. The van der Waals surface area contributed by atoms with Gasteiger partial charge in [-0.25, -0.2) is 4.79 Å². The number of nitrogens with zero attached hydrogens (tertiary/aromatic N) is 5. The van der Waals surface area contributed by atoms with E-state index in [1.165, 1.54) is 25.4 Å². The molecule has 0 aromatic carbocycles. The molecular formula is C44H69N5O11. The van der Waals surface area contributed by atoms with Crippen molar-refractivity contribution in [2.45, 2.75) is 167 Å². The zero-order chi connectivity index (χ0) is 43.9. The number of carbonyl (C=O) groups excluding carboxylic acids is 4. The number of rotatable bonds is 7. The van der Waals surface area contributed by atoms with Crippen LogP contribution >= 0.6 is 0 Å². The third-order valence-electron chi connectivity index (χ3n) is 13.5. The quantitative estimate of drug-likeness (QED) is 0.223. The van der Waals surface area contributed by atoms with Gasteiger partial charge in [0.1, 0.15) is 18.2 Å². The van der Waals surface area contributed by atoms with Crippen molar-refractivity contribution < 1.29 is 53.1 Å². The number of fused-ring (bicyclic) bond motifs is 3. The van der Waals surface area contributed by atoms with Crippen LogP contribution in [0.2, 0.25) is 0 Å². The average Bonchev–Trinajstić information content (AvgIpc) is 3.78. The second kappa shape index (κ2) is 21.1. The van der Waals surface area contributed by atoms with Gasteiger partial charge in [-0.3, -0.25) is 14.4 Å². The molecule has 60 heavy (non-hydrogen) atoms. The number of Topliss-reactive ketones (excluding diaryl/α,β-unsaturated/α-hetero) is 2. The molecule has 0 radical (unpaired) electrons. The van der Waals surface area contributed by atoms with Gasteiger partial charge in [0, 0.05) is 46.1 Å². The fourth-order valence-electron chi connectivity index (χ4n) is 10.0. The highest BCUT2D eigenvalue weighted by Gasteiger charge is 2.56. The summed E-state index contributed by atoms with van der Waals surface area (Å²) in [4.78, 5) is 59.6. The van der Waals surface area contributed by atoms with E-state index < -0.39 is 71.8 Å². The second-order valence-electron chi connectivity index (χ2n) is 17.9. The average molecular weight is 844 g/mol. The summed E-state index contributed by atoms with van der Waals surface area (Å²) in [5.74, 6) is -7.10. The van der Waals surface area contributed by atoms with Gasteiger partial charge in [0.2, 0.25) is 5.79 Å². The molecule has 16 nitrogen and oxygen atoms in total. The fourth-order valence-corrected chi connectivity index (χ4v) is 10.0. The number of carbonyl (C=O) groups is 4. The number of ether oxygens (including phenoxy) is 5. The Labute approximate surface area is 354 Å². The Morgan fingerprint density at radius 3 is 2.30 bits per heavy atom. The van der Waals surface area contributed by atoms with Crippen molar-refractivity contribution in [2.24, 2.45) is 29.6 Å². The Balaban J connectivity index is 1.51. The van der Waals surface area contributed by atoms with Crippen molar-refractivity contribution in [1.29, 1.82) is 0 Å². The molecule has 5 rings (SSSR count). The van der Waals surface area contributed by atoms with Crippen molar-refractivity contribution >= 4 is 23.4 Å². The summed E-state index contributed by atoms with van der Waals surface area (Å²) < 4.78 is 30.2. The third kappa shape index (κ3) is 10.8. The molecule has 1 aromatic rings. The molecule has 1 unspecified atom stereocenters. The van der Waals surface area contributed by atoms with Crippen molar-refractivity contribution in [3.8, 4) is 0 Å². The lowest BCUT2D eigenvalue weighted by Crippen LogP contribution is -2.64. The maximum Gasteiger partial charge on any atom is 0.329 e. The molecule has 4 aliphatic rings. The van der Waals surface area contributed by atoms with Gasteiger partial charge in [0.15, 0.2) is 12.1 Å². The van der Waals surface area contributed by atoms with Gasteiger partial charge < -0.3 is 38.8 Å². The number of aromatic nitrogens is 4. The number of aliphatic hydroxyl groups excluding tert-OH is 1. The normalized spacial score (nSPS) is 38.7. The number of piperidine rings is 1. The van der Waals surface area contributed by atoms with E-state index in [4.69, 9.17) is 23.7 Å².